The summed E-state index contributed by atoms with van der Waals surface area (Å²) in [7, 11) is 0. The Morgan fingerprint density at radius 2 is 1.96 bits per heavy atom. The molecule has 1 fully saturated rings. The molecule has 1 atom stereocenters. The number of piperazine rings is 1. The van der Waals surface area contributed by atoms with Crippen molar-refractivity contribution < 1.29 is 4.79 Å². The van der Waals surface area contributed by atoms with Gasteiger partial charge in [0.2, 0.25) is 5.91 Å². The van der Waals surface area contributed by atoms with Gasteiger partial charge in [0, 0.05) is 38.9 Å². The van der Waals surface area contributed by atoms with Crippen LogP contribution in [0.1, 0.15) is 17.2 Å². The van der Waals surface area contributed by atoms with Crippen molar-refractivity contribution in [1.29, 1.82) is 0 Å². The van der Waals surface area contributed by atoms with Crippen molar-refractivity contribution in [2.24, 2.45) is 5.73 Å². The number of aromatic amines is 1. The van der Waals surface area contributed by atoms with Crippen molar-refractivity contribution in [2.75, 3.05) is 32.7 Å². The zero-order chi connectivity index (χ0) is 16.1. The molecule has 2 heterocycles. The van der Waals surface area contributed by atoms with E-state index in [1.807, 2.05) is 47.6 Å². The van der Waals surface area contributed by atoms with E-state index in [1.165, 1.54) is 5.56 Å². The van der Waals surface area contributed by atoms with Gasteiger partial charge in [-0.3, -0.25) is 14.8 Å². The van der Waals surface area contributed by atoms with Crippen molar-refractivity contribution >= 4 is 5.91 Å². The third-order valence-corrected chi connectivity index (χ3v) is 4.38. The fourth-order valence-corrected chi connectivity index (χ4v) is 2.89. The lowest BCUT2D eigenvalue weighted by Crippen LogP contribution is -2.51. The normalized spacial score (nSPS) is 17.2. The molecule has 23 heavy (non-hydrogen) atoms. The number of hydrogen-bond donors (Lipinski definition) is 2. The van der Waals surface area contributed by atoms with Gasteiger partial charge in [-0.1, -0.05) is 30.3 Å². The molecule has 1 aliphatic rings. The molecule has 0 bridgehead atoms. The number of hydrogen-bond acceptors (Lipinski definition) is 4. The van der Waals surface area contributed by atoms with Gasteiger partial charge in [-0.05, 0) is 17.5 Å². The van der Waals surface area contributed by atoms with E-state index >= 15 is 0 Å². The Labute approximate surface area is 136 Å². The molecular formula is C17H23N5O. The van der Waals surface area contributed by atoms with Crippen LogP contribution in [0.5, 0.6) is 0 Å². The van der Waals surface area contributed by atoms with Gasteiger partial charge in [0.15, 0.2) is 0 Å². The highest BCUT2D eigenvalue weighted by molar-refractivity contribution is 5.83. The lowest BCUT2D eigenvalue weighted by atomic mass is 10.1. The zero-order valence-corrected chi connectivity index (χ0v) is 13.2. The second kappa shape index (κ2) is 7.39. The van der Waals surface area contributed by atoms with E-state index < -0.39 is 6.04 Å². The highest BCUT2D eigenvalue weighted by Crippen LogP contribution is 2.14. The Morgan fingerprint density at radius 3 is 2.61 bits per heavy atom. The smallest absolute Gasteiger partial charge is 0.244 e. The zero-order valence-electron chi connectivity index (χ0n) is 13.2. The first-order chi connectivity index (χ1) is 11.2. The number of rotatable bonds is 5. The first-order valence-corrected chi connectivity index (χ1v) is 8.03. The molecule has 1 aromatic heterocycles. The van der Waals surface area contributed by atoms with Gasteiger partial charge in [-0.25, -0.2) is 0 Å². The topological polar surface area (TPSA) is 78.2 Å². The summed E-state index contributed by atoms with van der Waals surface area (Å²) >= 11 is 0. The molecule has 0 unspecified atom stereocenters. The van der Waals surface area contributed by atoms with Crippen molar-refractivity contribution in [3.05, 3.63) is 53.9 Å². The molecule has 1 saturated heterocycles. The van der Waals surface area contributed by atoms with Gasteiger partial charge in [0.05, 0.1) is 6.20 Å². The number of nitrogens with one attached hydrogen (secondary N) is 1. The standard InChI is InChI=1S/C17H23N5O/c18-16(15-4-2-1-3-5-15)17(23)22-10-8-21(9-11-22)7-6-14-12-19-20-13-14/h1-5,12-13,16H,6-11,18H2,(H,19,20)/t16-/m1/s1. The summed E-state index contributed by atoms with van der Waals surface area (Å²) < 4.78 is 0. The van der Waals surface area contributed by atoms with E-state index in [0.29, 0.717) is 0 Å². The van der Waals surface area contributed by atoms with Crippen LogP contribution in [0, 0.1) is 0 Å². The van der Waals surface area contributed by atoms with Crippen molar-refractivity contribution in [3.8, 4) is 0 Å². The SMILES string of the molecule is N[C@@H](C(=O)N1CCN(CCc2cn[nH]c2)CC1)c1ccccc1. The van der Waals surface area contributed by atoms with Crippen LogP contribution < -0.4 is 5.73 Å². The average molecular weight is 313 g/mol. The van der Waals surface area contributed by atoms with E-state index in [4.69, 9.17) is 5.73 Å². The van der Waals surface area contributed by atoms with Crippen LogP contribution in [-0.4, -0.2) is 58.6 Å². The summed E-state index contributed by atoms with van der Waals surface area (Å²) in [5.74, 6) is 0.0192. The quantitative estimate of drug-likeness (QED) is 0.856. The maximum atomic E-state index is 12.5. The molecule has 0 saturated carbocycles. The molecule has 0 aliphatic carbocycles. The maximum Gasteiger partial charge on any atom is 0.244 e. The molecule has 0 spiro atoms. The third kappa shape index (κ3) is 3.97. The Hall–Kier alpha value is -2.18. The first-order valence-electron chi connectivity index (χ1n) is 8.03. The predicted molar refractivity (Wildman–Crippen MR) is 88.7 cm³/mol. The number of H-pyrrole nitrogens is 1. The van der Waals surface area contributed by atoms with Crippen LogP contribution in [-0.2, 0) is 11.2 Å². The summed E-state index contributed by atoms with van der Waals surface area (Å²) in [4.78, 5) is 16.8. The van der Waals surface area contributed by atoms with Gasteiger partial charge in [0.25, 0.3) is 0 Å². The Morgan fingerprint density at radius 1 is 1.22 bits per heavy atom. The van der Waals surface area contributed by atoms with Crippen molar-refractivity contribution in [1.82, 2.24) is 20.0 Å². The Kier molecular flexibility index (Phi) is 5.05. The van der Waals surface area contributed by atoms with E-state index in [2.05, 4.69) is 15.1 Å². The lowest BCUT2D eigenvalue weighted by Gasteiger charge is -2.35. The van der Waals surface area contributed by atoms with Crippen LogP contribution in [0.4, 0.5) is 0 Å². The lowest BCUT2D eigenvalue weighted by molar-refractivity contribution is -0.134. The first kappa shape index (κ1) is 15.7. The van der Waals surface area contributed by atoms with Crippen LogP contribution >= 0.6 is 0 Å². The number of amides is 1. The monoisotopic (exact) mass is 313 g/mol. The number of nitrogens with zero attached hydrogens (tertiary/aromatic N) is 3. The van der Waals surface area contributed by atoms with Gasteiger partial charge in [-0.2, -0.15) is 5.10 Å². The molecule has 1 amide bonds. The van der Waals surface area contributed by atoms with Crippen LogP contribution in [0.3, 0.4) is 0 Å². The second-order valence-electron chi connectivity index (χ2n) is 5.91. The number of benzene rings is 1. The summed E-state index contributed by atoms with van der Waals surface area (Å²) in [6.45, 7) is 4.26. The van der Waals surface area contributed by atoms with Crippen LogP contribution in [0.2, 0.25) is 0 Å². The van der Waals surface area contributed by atoms with E-state index in [9.17, 15) is 4.79 Å². The number of nitrogens with two attached hydrogens (primary N) is 1. The summed E-state index contributed by atoms with van der Waals surface area (Å²) in [5.41, 5.74) is 8.20. The molecule has 3 N–H and O–H groups in total. The second-order valence-corrected chi connectivity index (χ2v) is 5.91. The fraction of sp³-hybridized carbons (Fsp3) is 0.412. The molecule has 1 aliphatic heterocycles. The molecule has 122 valence electrons. The van der Waals surface area contributed by atoms with Gasteiger partial charge in [0.1, 0.15) is 6.04 Å². The van der Waals surface area contributed by atoms with E-state index in [0.717, 1.165) is 44.7 Å². The Bertz CT molecular complexity index is 605. The Balaban J connectivity index is 1.47. The highest BCUT2D eigenvalue weighted by Gasteiger charge is 2.25. The summed E-state index contributed by atoms with van der Waals surface area (Å²) in [6.07, 6.45) is 4.77. The molecule has 6 nitrogen and oxygen atoms in total. The molecule has 3 rings (SSSR count). The average Bonchev–Trinajstić information content (AvgIpc) is 3.13. The largest absolute Gasteiger partial charge is 0.338 e. The third-order valence-electron chi connectivity index (χ3n) is 4.38. The van der Waals surface area contributed by atoms with E-state index in [-0.39, 0.29) is 5.91 Å². The summed E-state index contributed by atoms with van der Waals surface area (Å²) in [6, 6.07) is 9.01. The van der Waals surface area contributed by atoms with Crippen molar-refractivity contribution in [3.63, 3.8) is 0 Å². The molecule has 6 heteroatoms. The predicted octanol–water partition coefficient (Wildman–Crippen LogP) is 0.796. The van der Waals surface area contributed by atoms with Gasteiger partial charge >= 0.3 is 0 Å². The van der Waals surface area contributed by atoms with Crippen molar-refractivity contribution in [2.45, 2.75) is 12.5 Å². The van der Waals surface area contributed by atoms with Crippen LogP contribution in [0.15, 0.2) is 42.7 Å². The van der Waals surface area contributed by atoms with Gasteiger partial charge < -0.3 is 10.6 Å². The minimum Gasteiger partial charge on any atom is -0.338 e. The number of aromatic nitrogens is 2. The number of carbonyl (C=O) groups is 1. The van der Waals surface area contributed by atoms with Gasteiger partial charge in [-0.15, -0.1) is 0 Å². The maximum absolute atomic E-state index is 12.5. The molecular weight excluding hydrogens is 290 g/mol. The van der Waals surface area contributed by atoms with E-state index in [1.54, 1.807) is 0 Å². The summed E-state index contributed by atoms with van der Waals surface area (Å²) in [5, 5.41) is 6.79. The molecule has 0 radical (unpaired) electrons. The van der Waals surface area contributed by atoms with Crippen LogP contribution in [0.25, 0.3) is 0 Å². The fourth-order valence-electron chi connectivity index (χ4n) is 2.89. The molecule has 1 aromatic carbocycles. The minimum absolute atomic E-state index is 0.0192. The molecule has 2 aromatic rings. The highest BCUT2D eigenvalue weighted by atomic mass is 16.2. The number of carbonyl (C=O) groups excluding carboxylic acids is 1. The minimum atomic E-state index is -0.561.